The fraction of sp³-hybridized carbons (Fsp3) is 1.00. The molecule has 98 valence electrons. The molecular weight excluding hydrogens is 212 g/mol. The lowest BCUT2D eigenvalue weighted by Gasteiger charge is -2.35. The Kier molecular flexibility index (Phi) is 2.45. The molecule has 3 rings (SSSR count). The lowest BCUT2D eigenvalue weighted by Crippen LogP contribution is -2.38. The molecule has 0 aromatic carbocycles. The molecular formula is C15H26O2. The Morgan fingerprint density at radius 1 is 1.12 bits per heavy atom. The van der Waals surface area contributed by atoms with Crippen molar-refractivity contribution in [3.8, 4) is 0 Å². The first-order chi connectivity index (χ1) is 7.92. The first-order valence-corrected chi connectivity index (χ1v) is 7.25. The molecule has 2 heteroatoms. The maximum Gasteiger partial charge on any atom is 0.0650 e. The van der Waals surface area contributed by atoms with Crippen LogP contribution < -0.4 is 0 Å². The first-order valence-electron chi connectivity index (χ1n) is 7.25. The minimum atomic E-state index is -0.459. The average Bonchev–Trinajstić information content (AvgIpc) is 2.70. The topological polar surface area (TPSA) is 40.5 Å². The summed E-state index contributed by atoms with van der Waals surface area (Å²) < 4.78 is 0. The zero-order valence-corrected chi connectivity index (χ0v) is 11.3. The number of fused-ring (bicyclic) bond motifs is 3. The highest BCUT2D eigenvalue weighted by atomic mass is 16.3. The summed E-state index contributed by atoms with van der Waals surface area (Å²) in [6.45, 7) is 6.98. The highest BCUT2D eigenvalue weighted by Gasteiger charge is 2.68. The lowest BCUT2D eigenvalue weighted by molar-refractivity contribution is -0.0327. The molecule has 3 fully saturated rings. The van der Waals surface area contributed by atoms with Gasteiger partial charge >= 0.3 is 0 Å². The number of rotatable bonds is 1. The van der Waals surface area contributed by atoms with Gasteiger partial charge in [-0.2, -0.15) is 0 Å². The number of aliphatic hydroxyl groups excluding tert-OH is 1. The van der Waals surface area contributed by atoms with Crippen LogP contribution in [0.3, 0.4) is 0 Å². The second-order valence-electron chi connectivity index (χ2n) is 7.43. The van der Waals surface area contributed by atoms with Crippen LogP contribution in [0, 0.1) is 35.0 Å². The maximum absolute atomic E-state index is 10.7. The van der Waals surface area contributed by atoms with Crippen molar-refractivity contribution in [3.05, 3.63) is 0 Å². The first kappa shape index (κ1) is 12.0. The molecule has 0 bridgehead atoms. The summed E-state index contributed by atoms with van der Waals surface area (Å²) >= 11 is 0. The molecule has 0 aromatic rings. The van der Waals surface area contributed by atoms with Crippen LogP contribution in [0.15, 0.2) is 0 Å². The van der Waals surface area contributed by atoms with Crippen molar-refractivity contribution < 1.29 is 10.2 Å². The van der Waals surface area contributed by atoms with Gasteiger partial charge in [-0.15, -0.1) is 0 Å². The second kappa shape index (κ2) is 3.48. The van der Waals surface area contributed by atoms with Crippen molar-refractivity contribution in [2.24, 2.45) is 35.0 Å². The molecule has 0 radical (unpaired) electrons. The largest absolute Gasteiger partial charge is 0.396 e. The molecule has 3 aliphatic rings. The van der Waals surface area contributed by atoms with E-state index in [1.807, 2.05) is 6.92 Å². The van der Waals surface area contributed by atoms with E-state index in [4.69, 9.17) is 0 Å². The molecule has 2 nitrogen and oxygen atoms in total. The molecule has 0 saturated heterocycles. The third kappa shape index (κ3) is 1.46. The van der Waals surface area contributed by atoms with Crippen molar-refractivity contribution in [1.82, 2.24) is 0 Å². The third-order valence-electron chi connectivity index (χ3n) is 6.50. The maximum atomic E-state index is 10.7. The Labute approximate surface area is 104 Å². The third-order valence-corrected chi connectivity index (χ3v) is 6.50. The fourth-order valence-corrected chi connectivity index (χ4v) is 5.33. The molecule has 3 aliphatic carbocycles. The highest BCUT2D eigenvalue weighted by Crippen LogP contribution is 2.71. The van der Waals surface area contributed by atoms with Crippen LogP contribution in [-0.4, -0.2) is 22.4 Å². The normalized spacial score (nSPS) is 61.6. The van der Waals surface area contributed by atoms with Crippen LogP contribution in [-0.2, 0) is 0 Å². The van der Waals surface area contributed by atoms with Crippen LogP contribution in [0.25, 0.3) is 0 Å². The number of aliphatic hydroxyl groups is 2. The van der Waals surface area contributed by atoms with Gasteiger partial charge in [-0.25, -0.2) is 0 Å². The minimum Gasteiger partial charge on any atom is -0.396 e. The van der Waals surface area contributed by atoms with E-state index < -0.39 is 5.60 Å². The molecule has 7 atom stereocenters. The van der Waals surface area contributed by atoms with Gasteiger partial charge in [0, 0.05) is 6.61 Å². The average molecular weight is 238 g/mol. The summed E-state index contributed by atoms with van der Waals surface area (Å²) in [7, 11) is 0. The van der Waals surface area contributed by atoms with Crippen molar-refractivity contribution in [2.45, 2.75) is 52.1 Å². The molecule has 0 amide bonds. The molecule has 0 aromatic heterocycles. The van der Waals surface area contributed by atoms with Gasteiger partial charge in [0.2, 0.25) is 0 Å². The van der Waals surface area contributed by atoms with Crippen molar-refractivity contribution in [2.75, 3.05) is 6.61 Å². The smallest absolute Gasteiger partial charge is 0.0650 e. The van der Waals surface area contributed by atoms with Gasteiger partial charge in [-0.05, 0) is 61.2 Å². The summed E-state index contributed by atoms with van der Waals surface area (Å²) in [5.41, 5.74) is -0.294. The van der Waals surface area contributed by atoms with Crippen LogP contribution in [0.2, 0.25) is 0 Å². The van der Waals surface area contributed by atoms with Crippen LogP contribution >= 0.6 is 0 Å². The summed E-state index contributed by atoms with van der Waals surface area (Å²) in [4.78, 5) is 0. The monoisotopic (exact) mass is 238 g/mol. The van der Waals surface area contributed by atoms with Crippen LogP contribution in [0.5, 0.6) is 0 Å². The van der Waals surface area contributed by atoms with Gasteiger partial charge in [0.05, 0.1) is 5.60 Å². The predicted molar refractivity (Wildman–Crippen MR) is 67.4 cm³/mol. The Morgan fingerprint density at radius 2 is 1.82 bits per heavy atom. The van der Waals surface area contributed by atoms with Crippen molar-refractivity contribution in [3.63, 3.8) is 0 Å². The Morgan fingerprint density at radius 3 is 2.47 bits per heavy atom. The fourth-order valence-electron chi connectivity index (χ4n) is 5.33. The van der Waals surface area contributed by atoms with Gasteiger partial charge < -0.3 is 10.2 Å². The summed E-state index contributed by atoms with van der Waals surface area (Å²) in [5, 5.41) is 20.3. The van der Waals surface area contributed by atoms with E-state index in [-0.39, 0.29) is 5.41 Å². The van der Waals surface area contributed by atoms with E-state index in [1.165, 1.54) is 12.8 Å². The van der Waals surface area contributed by atoms with E-state index in [1.54, 1.807) is 0 Å². The summed E-state index contributed by atoms with van der Waals surface area (Å²) in [6, 6.07) is 0. The van der Waals surface area contributed by atoms with Crippen molar-refractivity contribution >= 4 is 0 Å². The SMILES string of the molecule is C[C@@H]1CC[C@H]2[C@@H]1[C@H]1[C@@H](CC[C@]2(C)O)[C@@]1(C)CO. The van der Waals surface area contributed by atoms with Gasteiger partial charge in [-0.3, -0.25) is 0 Å². The standard InChI is InChI=1S/C15H26O2/c1-9-4-5-10-12(9)13-11(14(13,2)8-16)6-7-15(10,3)17/h9-13,16-17H,4-8H2,1-3H3/t9-,10+,11-,12-,13-,14-,15+/m1/s1. The molecule has 0 unspecified atom stereocenters. The number of hydrogen-bond donors (Lipinski definition) is 2. The molecule has 3 saturated carbocycles. The van der Waals surface area contributed by atoms with E-state index in [0.717, 1.165) is 18.8 Å². The van der Waals surface area contributed by atoms with Gasteiger partial charge in [0.15, 0.2) is 0 Å². The van der Waals surface area contributed by atoms with Crippen molar-refractivity contribution in [1.29, 1.82) is 0 Å². The summed E-state index contributed by atoms with van der Waals surface area (Å²) in [5.74, 6) is 3.18. The molecule has 0 heterocycles. The van der Waals surface area contributed by atoms with Gasteiger partial charge in [-0.1, -0.05) is 20.3 Å². The predicted octanol–water partition coefficient (Wildman–Crippen LogP) is 2.44. The molecule has 17 heavy (non-hydrogen) atoms. The quantitative estimate of drug-likeness (QED) is 0.736. The molecule has 2 N–H and O–H groups in total. The van der Waals surface area contributed by atoms with Gasteiger partial charge in [0.25, 0.3) is 0 Å². The van der Waals surface area contributed by atoms with Crippen LogP contribution in [0.1, 0.15) is 46.5 Å². The Bertz CT molecular complexity index is 325. The van der Waals surface area contributed by atoms with E-state index in [2.05, 4.69) is 13.8 Å². The zero-order valence-electron chi connectivity index (χ0n) is 11.3. The Balaban J connectivity index is 1.93. The van der Waals surface area contributed by atoms with Gasteiger partial charge in [0.1, 0.15) is 0 Å². The van der Waals surface area contributed by atoms with E-state index >= 15 is 0 Å². The van der Waals surface area contributed by atoms with E-state index in [9.17, 15) is 10.2 Å². The Hall–Kier alpha value is -0.0800. The van der Waals surface area contributed by atoms with Crippen LogP contribution in [0.4, 0.5) is 0 Å². The number of hydrogen-bond acceptors (Lipinski definition) is 2. The second-order valence-corrected chi connectivity index (χ2v) is 7.43. The lowest BCUT2D eigenvalue weighted by atomic mass is 9.74. The van der Waals surface area contributed by atoms with E-state index in [0.29, 0.717) is 30.3 Å². The minimum absolute atomic E-state index is 0.165. The summed E-state index contributed by atoms with van der Waals surface area (Å²) in [6.07, 6.45) is 4.48. The zero-order chi connectivity index (χ0) is 12.4. The molecule has 0 aliphatic heterocycles. The highest BCUT2D eigenvalue weighted by molar-refractivity contribution is 5.16. The molecule has 0 spiro atoms.